The van der Waals surface area contributed by atoms with E-state index in [1.807, 2.05) is 46.7 Å². The molecule has 0 saturated heterocycles. The molecule has 0 bridgehead atoms. The number of carbonyl (C=O) groups excluding carboxylic acids is 1. The highest BCUT2D eigenvalue weighted by Crippen LogP contribution is 2.18. The molecule has 0 atom stereocenters. The minimum Gasteiger partial charge on any atom is -0.337 e. The number of fused-ring (bicyclic) bond motifs is 1. The summed E-state index contributed by atoms with van der Waals surface area (Å²) < 4.78 is 0. The van der Waals surface area contributed by atoms with Gasteiger partial charge < -0.3 is 4.90 Å². The Bertz CT molecular complexity index is 1120. The Labute approximate surface area is 170 Å². The molecule has 5 nitrogen and oxygen atoms in total. The molecule has 0 saturated carbocycles. The molecule has 0 radical (unpaired) electrons. The van der Waals surface area contributed by atoms with Crippen LogP contribution in [0.4, 0.5) is 0 Å². The van der Waals surface area contributed by atoms with E-state index in [4.69, 9.17) is 0 Å². The molecular formula is C21H19N3O2S2. The number of benzene rings is 1. The third kappa shape index (κ3) is 4.21. The highest BCUT2D eigenvalue weighted by molar-refractivity contribution is 7.10. The number of hydrogen-bond donors (Lipinski definition) is 1. The molecule has 3 aromatic heterocycles. The fourth-order valence-electron chi connectivity index (χ4n) is 3.14. The van der Waals surface area contributed by atoms with Crippen molar-refractivity contribution in [2.24, 2.45) is 0 Å². The van der Waals surface area contributed by atoms with E-state index in [2.05, 4.69) is 21.6 Å². The predicted molar refractivity (Wildman–Crippen MR) is 114 cm³/mol. The maximum absolute atomic E-state index is 13.1. The van der Waals surface area contributed by atoms with Gasteiger partial charge in [-0.15, -0.1) is 22.7 Å². The van der Waals surface area contributed by atoms with Crippen LogP contribution in [0, 0.1) is 0 Å². The van der Waals surface area contributed by atoms with E-state index >= 15 is 0 Å². The van der Waals surface area contributed by atoms with E-state index in [9.17, 15) is 9.59 Å². The van der Waals surface area contributed by atoms with Gasteiger partial charge >= 0.3 is 0 Å². The summed E-state index contributed by atoms with van der Waals surface area (Å²) in [5, 5.41) is 12.0. The standard InChI is InChI=1S/C21H19N3O2S2/c25-20(13-19-17-7-1-2-8-18(17)21(26)23-22-19)24(14-16-6-4-12-28-16)10-9-15-5-3-11-27-15/h1-8,11-12H,9-10,13-14H2,(H,23,26). The Kier molecular flexibility index (Phi) is 5.64. The molecule has 0 aliphatic heterocycles. The number of carbonyl (C=O) groups is 1. The minimum absolute atomic E-state index is 0.00894. The largest absolute Gasteiger partial charge is 0.337 e. The molecule has 142 valence electrons. The monoisotopic (exact) mass is 409 g/mol. The van der Waals surface area contributed by atoms with Crippen LogP contribution in [-0.2, 0) is 24.2 Å². The number of H-pyrrole nitrogens is 1. The summed E-state index contributed by atoms with van der Waals surface area (Å²) in [7, 11) is 0. The van der Waals surface area contributed by atoms with Crippen LogP contribution in [0.2, 0.25) is 0 Å². The van der Waals surface area contributed by atoms with Crippen molar-refractivity contribution in [3.63, 3.8) is 0 Å². The molecule has 0 fully saturated rings. The molecule has 7 heteroatoms. The maximum atomic E-state index is 13.1. The van der Waals surface area contributed by atoms with Crippen LogP contribution in [0.15, 0.2) is 64.1 Å². The molecule has 0 unspecified atom stereocenters. The molecule has 28 heavy (non-hydrogen) atoms. The number of hydrogen-bond acceptors (Lipinski definition) is 5. The number of thiophene rings is 2. The van der Waals surface area contributed by atoms with Gasteiger partial charge in [0.1, 0.15) is 0 Å². The van der Waals surface area contributed by atoms with Gasteiger partial charge in [0.25, 0.3) is 5.56 Å². The third-order valence-electron chi connectivity index (χ3n) is 4.58. The lowest BCUT2D eigenvalue weighted by molar-refractivity contribution is -0.131. The molecule has 4 aromatic rings. The van der Waals surface area contributed by atoms with E-state index in [0.29, 0.717) is 24.2 Å². The van der Waals surface area contributed by atoms with E-state index in [1.54, 1.807) is 28.7 Å². The average molecular weight is 410 g/mol. The highest BCUT2D eigenvalue weighted by atomic mass is 32.1. The number of rotatable bonds is 7. The number of aromatic amines is 1. The Morgan fingerprint density at radius 3 is 2.39 bits per heavy atom. The van der Waals surface area contributed by atoms with E-state index in [-0.39, 0.29) is 17.9 Å². The number of nitrogens with zero attached hydrogens (tertiary/aromatic N) is 2. The highest BCUT2D eigenvalue weighted by Gasteiger charge is 2.18. The van der Waals surface area contributed by atoms with Gasteiger partial charge in [-0.2, -0.15) is 5.10 Å². The predicted octanol–water partition coefficient (Wildman–Crippen LogP) is 3.86. The van der Waals surface area contributed by atoms with Crippen LogP contribution in [-0.4, -0.2) is 27.5 Å². The summed E-state index contributed by atoms with van der Waals surface area (Å²) in [6.45, 7) is 1.24. The lowest BCUT2D eigenvalue weighted by atomic mass is 10.1. The summed E-state index contributed by atoms with van der Waals surface area (Å²) in [6.07, 6.45) is 0.988. The summed E-state index contributed by atoms with van der Waals surface area (Å²) in [6, 6.07) is 15.4. The fourth-order valence-corrected chi connectivity index (χ4v) is 4.56. The molecule has 0 spiro atoms. The van der Waals surface area contributed by atoms with Crippen LogP contribution in [0.3, 0.4) is 0 Å². The van der Waals surface area contributed by atoms with Crippen molar-refractivity contribution in [2.75, 3.05) is 6.54 Å². The van der Waals surface area contributed by atoms with Crippen LogP contribution >= 0.6 is 22.7 Å². The van der Waals surface area contributed by atoms with Gasteiger partial charge in [-0.3, -0.25) is 9.59 Å². The Balaban J connectivity index is 1.56. The van der Waals surface area contributed by atoms with Gasteiger partial charge in [0.15, 0.2) is 0 Å². The Morgan fingerprint density at radius 2 is 1.68 bits per heavy atom. The van der Waals surface area contributed by atoms with E-state index < -0.39 is 0 Å². The molecule has 3 heterocycles. The lowest BCUT2D eigenvalue weighted by Gasteiger charge is -2.22. The van der Waals surface area contributed by atoms with Gasteiger partial charge in [0, 0.05) is 21.7 Å². The first-order chi connectivity index (χ1) is 13.7. The van der Waals surface area contributed by atoms with Crippen molar-refractivity contribution in [2.45, 2.75) is 19.4 Å². The maximum Gasteiger partial charge on any atom is 0.272 e. The summed E-state index contributed by atoms with van der Waals surface area (Å²) in [5.41, 5.74) is 0.368. The Morgan fingerprint density at radius 1 is 0.964 bits per heavy atom. The van der Waals surface area contributed by atoms with Gasteiger partial charge in [-0.05, 0) is 35.4 Å². The van der Waals surface area contributed by atoms with Crippen molar-refractivity contribution in [1.82, 2.24) is 15.1 Å². The summed E-state index contributed by atoms with van der Waals surface area (Å²) >= 11 is 3.35. The van der Waals surface area contributed by atoms with Gasteiger partial charge in [-0.1, -0.05) is 30.3 Å². The second kappa shape index (κ2) is 8.50. The van der Waals surface area contributed by atoms with E-state index in [0.717, 1.165) is 16.7 Å². The van der Waals surface area contributed by atoms with Crippen LogP contribution in [0.5, 0.6) is 0 Å². The first kappa shape index (κ1) is 18.6. The molecule has 1 amide bonds. The van der Waals surface area contributed by atoms with Crippen molar-refractivity contribution in [3.05, 3.63) is 85.1 Å². The van der Waals surface area contributed by atoms with Crippen molar-refractivity contribution in [1.29, 1.82) is 0 Å². The summed E-state index contributed by atoms with van der Waals surface area (Å²) in [5.74, 6) is 0.00894. The topological polar surface area (TPSA) is 66.1 Å². The van der Waals surface area contributed by atoms with Gasteiger partial charge in [0.2, 0.25) is 5.91 Å². The van der Waals surface area contributed by atoms with Crippen molar-refractivity contribution in [3.8, 4) is 0 Å². The first-order valence-corrected chi connectivity index (χ1v) is 10.8. The third-order valence-corrected chi connectivity index (χ3v) is 6.38. The van der Waals surface area contributed by atoms with Crippen LogP contribution in [0.25, 0.3) is 10.8 Å². The van der Waals surface area contributed by atoms with Gasteiger partial charge in [-0.25, -0.2) is 5.10 Å². The zero-order valence-corrected chi connectivity index (χ0v) is 16.8. The SMILES string of the molecule is O=C(Cc1n[nH]c(=O)c2ccccc12)N(CCc1cccs1)Cc1cccs1. The second-order valence-corrected chi connectivity index (χ2v) is 8.51. The molecule has 4 rings (SSSR count). The zero-order valence-electron chi connectivity index (χ0n) is 15.1. The quantitative estimate of drug-likeness (QED) is 0.504. The molecule has 0 aliphatic rings. The zero-order chi connectivity index (χ0) is 19.3. The number of aromatic nitrogens is 2. The van der Waals surface area contributed by atoms with Crippen molar-refractivity contribution < 1.29 is 4.79 Å². The summed E-state index contributed by atoms with van der Waals surface area (Å²) in [4.78, 5) is 29.4. The van der Waals surface area contributed by atoms with Crippen LogP contribution < -0.4 is 5.56 Å². The van der Waals surface area contributed by atoms with Crippen molar-refractivity contribution >= 4 is 39.4 Å². The van der Waals surface area contributed by atoms with E-state index in [1.165, 1.54) is 4.88 Å². The first-order valence-electron chi connectivity index (χ1n) is 8.99. The molecule has 0 aliphatic carbocycles. The minimum atomic E-state index is -0.236. The Hall–Kier alpha value is -2.77. The van der Waals surface area contributed by atoms with Crippen LogP contribution in [0.1, 0.15) is 15.4 Å². The second-order valence-electron chi connectivity index (χ2n) is 6.45. The smallest absolute Gasteiger partial charge is 0.272 e. The molecule has 1 aromatic carbocycles. The van der Waals surface area contributed by atoms with Gasteiger partial charge in [0.05, 0.1) is 24.0 Å². The number of nitrogens with one attached hydrogen (secondary N) is 1. The fraction of sp³-hybridized carbons (Fsp3) is 0.190. The molecular weight excluding hydrogens is 390 g/mol. The molecule has 1 N–H and O–H groups in total. The number of amides is 1. The lowest BCUT2D eigenvalue weighted by Crippen LogP contribution is -2.33. The average Bonchev–Trinajstić information content (AvgIpc) is 3.41. The normalized spacial score (nSPS) is 11.0.